The van der Waals surface area contributed by atoms with Gasteiger partial charge >= 0.3 is 0 Å². The van der Waals surface area contributed by atoms with Crippen molar-refractivity contribution in [3.05, 3.63) is 0 Å². The quantitative estimate of drug-likeness (QED) is 0.665. The van der Waals surface area contributed by atoms with Crippen molar-refractivity contribution in [2.75, 3.05) is 26.3 Å². The number of rotatable bonds is 6. The van der Waals surface area contributed by atoms with Crippen molar-refractivity contribution in [1.82, 2.24) is 10.6 Å². The van der Waals surface area contributed by atoms with E-state index in [4.69, 9.17) is 4.74 Å². The van der Waals surface area contributed by atoms with Crippen LogP contribution in [0, 0.1) is 5.92 Å². The maximum Gasteiger partial charge on any atom is 0.246 e. The lowest BCUT2D eigenvalue weighted by atomic mass is 9.97. The molecule has 1 unspecified atom stereocenters. The van der Waals surface area contributed by atoms with Crippen molar-refractivity contribution in [2.24, 2.45) is 5.92 Å². The number of nitrogens with one attached hydrogen (secondary N) is 2. The van der Waals surface area contributed by atoms with E-state index in [9.17, 15) is 4.79 Å². The Kier molecular flexibility index (Phi) is 6.42. The third-order valence-electron chi connectivity index (χ3n) is 2.75. The number of hydrogen-bond acceptors (Lipinski definition) is 3. The molecule has 0 aromatic carbocycles. The highest BCUT2D eigenvalue weighted by Crippen LogP contribution is 2.13. The fraction of sp³-hybridized carbons (Fsp3) is 0.917. The molecule has 4 nitrogen and oxygen atoms in total. The van der Waals surface area contributed by atoms with Crippen molar-refractivity contribution >= 4 is 5.91 Å². The summed E-state index contributed by atoms with van der Waals surface area (Å²) in [5.74, 6) is 0.707. The maximum absolute atomic E-state index is 11.3. The Labute approximate surface area is 98.1 Å². The Morgan fingerprint density at radius 1 is 1.56 bits per heavy atom. The van der Waals surface area contributed by atoms with Gasteiger partial charge in [0.2, 0.25) is 5.91 Å². The summed E-state index contributed by atoms with van der Waals surface area (Å²) in [7, 11) is 0. The number of hydrogen-bond donors (Lipinski definition) is 2. The fourth-order valence-electron chi connectivity index (χ4n) is 1.95. The van der Waals surface area contributed by atoms with Crippen LogP contribution in [0.25, 0.3) is 0 Å². The Hall–Kier alpha value is -0.610. The fourth-order valence-corrected chi connectivity index (χ4v) is 1.95. The highest BCUT2D eigenvalue weighted by atomic mass is 16.5. The molecule has 0 spiro atoms. The zero-order valence-corrected chi connectivity index (χ0v) is 10.4. The largest absolute Gasteiger partial charge is 0.372 e. The van der Waals surface area contributed by atoms with Gasteiger partial charge in [0.05, 0.1) is 0 Å². The van der Waals surface area contributed by atoms with E-state index in [0.29, 0.717) is 6.61 Å². The molecule has 1 saturated heterocycles. The Morgan fingerprint density at radius 2 is 2.38 bits per heavy atom. The van der Waals surface area contributed by atoms with Crippen LogP contribution in [0.2, 0.25) is 0 Å². The molecule has 1 fully saturated rings. The predicted octanol–water partition coefficient (Wildman–Crippen LogP) is 0.917. The number of amides is 1. The molecule has 1 aliphatic rings. The molecule has 94 valence electrons. The van der Waals surface area contributed by atoms with E-state index in [1.54, 1.807) is 0 Å². The van der Waals surface area contributed by atoms with Crippen LogP contribution in [-0.4, -0.2) is 38.3 Å². The minimum Gasteiger partial charge on any atom is -0.372 e. The van der Waals surface area contributed by atoms with Crippen LogP contribution in [-0.2, 0) is 9.53 Å². The molecular weight excluding hydrogens is 204 g/mol. The second kappa shape index (κ2) is 7.63. The van der Waals surface area contributed by atoms with E-state index in [1.807, 2.05) is 13.8 Å². The summed E-state index contributed by atoms with van der Waals surface area (Å²) in [4.78, 5) is 11.3. The van der Waals surface area contributed by atoms with Crippen LogP contribution in [0.3, 0.4) is 0 Å². The van der Waals surface area contributed by atoms with Crippen molar-refractivity contribution < 1.29 is 9.53 Å². The lowest BCUT2D eigenvalue weighted by Crippen LogP contribution is -2.34. The summed E-state index contributed by atoms with van der Waals surface area (Å²) in [5, 5.41) is 6.18. The topological polar surface area (TPSA) is 50.4 Å². The Bertz CT molecular complexity index is 201. The molecule has 0 saturated carbocycles. The van der Waals surface area contributed by atoms with Gasteiger partial charge in [0.15, 0.2) is 0 Å². The Morgan fingerprint density at radius 3 is 3.00 bits per heavy atom. The van der Waals surface area contributed by atoms with Crippen LogP contribution in [0.4, 0.5) is 0 Å². The van der Waals surface area contributed by atoms with Crippen LogP contribution in [0.15, 0.2) is 0 Å². The van der Waals surface area contributed by atoms with Crippen LogP contribution in [0.1, 0.15) is 33.1 Å². The molecule has 1 amide bonds. The van der Waals surface area contributed by atoms with Crippen molar-refractivity contribution in [3.8, 4) is 0 Å². The van der Waals surface area contributed by atoms with Gasteiger partial charge < -0.3 is 15.4 Å². The van der Waals surface area contributed by atoms with E-state index >= 15 is 0 Å². The number of ether oxygens (including phenoxy) is 1. The average molecular weight is 228 g/mol. The van der Waals surface area contributed by atoms with Gasteiger partial charge in [-0.2, -0.15) is 0 Å². The molecule has 1 aliphatic heterocycles. The summed E-state index contributed by atoms with van der Waals surface area (Å²) < 4.78 is 5.36. The lowest BCUT2D eigenvalue weighted by molar-refractivity contribution is -0.126. The van der Waals surface area contributed by atoms with Crippen molar-refractivity contribution in [1.29, 1.82) is 0 Å². The summed E-state index contributed by atoms with van der Waals surface area (Å²) in [6.45, 7) is 7.03. The van der Waals surface area contributed by atoms with E-state index in [2.05, 4.69) is 10.6 Å². The number of carbonyl (C=O) groups excluding carboxylic acids is 1. The van der Waals surface area contributed by atoms with Gasteiger partial charge in [0.1, 0.15) is 6.61 Å². The summed E-state index contributed by atoms with van der Waals surface area (Å²) >= 11 is 0. The van der Waals surface area contributed by atoms with Gasteiger partial charge in [-0.1, -0.05) is 0 Å². The molecule has 16 heavy (non-hydrogen) atoms. The highest BCUT2D eigenvalue weighted by molar-refractivity contribution is 5.77. The lowest BCUT2D eigenvalue weighted by Gasteiger charge is -2.22. The molecular formula is C12H24N2O2. The van der Waals surface area contributed by atoms with Crippen LogP contribution < -0.4 is 10.6 Å². The molecule has 2 N–H and O–H groups in total. The molecule has 0 radical (unpaired) electrons. The zero-order valence-electron chi connectivity index (χ0n) is 10.4. The van der Waals surface area contributed by atoms with E-state index in [-0.39, 0.29) is 18.6 Å². The summed E-state index contributed by atoms with van der Waals surface area (Å²) in [6.07, 6.45) is 3.61. The smallest absolute Gasteiger partial charge is 0.246 e. The minimum absolute atomic E-state index is 0.0169. The van der Waals surface area contributed by atoms with Gasteiger partial charge in [0.25, 0.3) is 0 Å². The first kappa shape index (κ1) is 13.5. The van der Waals surface area contributed by atoms with Gasteiger partial charge in [0, 0.05) is 12.6 Å². The van der Waals surface area contributed by atoms with Crippen molar-refractivity contribution in [3.63, 3.8) is 0 Å². The third-order valence-corrected chi connectivity index (χ3v) is 2.75. The monoisotopic (exact) mass is 228 g/mol. The third kappa shape index (κ3) is 6.08. The zero-order chi connectivity index (χ0) is 11.8. The average Bonchev–Trinajstić information content (AvgIpc) is 2.25. The van der Waals surface area contributed by atoms with E-state index in [0.717, 1.165) is 25.4 Å². The van der Waals surface area contributed by atoms with Gasteiger partial charge in [-0.05, 0) is 52.1 Å². The van der Waals surface area contributed by atoms with E-state index in [1.165, 1.54) is 12.8 Å². The predicted molar refractivity (Wildman–Crippen MR) is 64.3 cm³/mol. The maximum atomic E-state index is 11.3. The molecule has 0 aromatic heterocycles. The van der Waals surface area contributed by atoms with E-state index < -0.39 is 0 Å². The minimum atomic E-state index is -0.0169. The first-order valence-corrected chi connectivity index (χ1v) is 6.26. The molecule has 0 bridgehead atoms. The molecule has 0 aromatic rings. The first-order valence-electron chi connectivity index (χ1n) is 6.26. The summed E-state index contributed by atoms with van der Waals surface area (Å²) in [6, 6.07) is 0.193. The second-order valence-electron chi connectivity index (χ2n) is 4.78. The number of carbonyl (C=O) groups is 1. The molecule has 0 aliphatic carbocycles. The SMILES string of the molecule is CC(C)NC(=O)COCCC1CCCNC1. The first-order chi connectivity index (χ1) is 7.68. The Balaban J connectivity index is 1.96. The summed E-state index contributed by atoms with van der Waals surface area (Å²) in [5.41, 5.74) is 0. The van der Waals surface area contributed by atoms with Crippen LogP contribution in [0.5, 0.6) is 0 Å². The second-order valence-corrected chi connectivity index (χ2v) is 4.78. The van der Waals surface area contributed by atoms with Crippen LogP contribution >= 0.6 is 0 Å². The normalized spacial score (nSPS) is 21.1. The van der Waals surface area contributed by atoms with Gasteiger partial charge in [-0.25, -0.2) is 0 Å². The molecule has 1 heterocycles. The van der Waals surface area contributed by atoms with Gasteiger partial charge in [-0.3, -0.25) is 4.79 Å². The van der Waals surface area contributed by atoms with Crippen molar-refractivity contribution in [2.45, 2.75) is 39.2 Å². The number of piperidine rings is 1. The highest BCUT2D eigenvalue weighted by Gasteiger charge is 2.12. The molecule has 1 atom stereocenters. The standard InChI is InChI=1S/C12H24N2O2/c1-10(2)14-12(15)9-16-7-5-11-4-3-6-13-8-11/h10-11,13H,3-9H2,1-2H3,(H,14,15). The molecule has 1 rings (SSSR count). The molecule has 4 heteroatoms. The van der Waals surface area contributed by atoms with Gasteiger partial charge in [-0.15, -0.1) is 0 Å².